The van der Waals surface area contributed by atoms with Crippen LogP contribution in [0, 0.1) is 35.3 Å². The Bertz CT molecular complexity index is 715. The Morgan fingerprint density at radius 3 is 2.63 bits per heavy atom. The van der Waals surface area contributed by atoms with Crippen molar-refractivity contribution in [3.05, 3.63) is 49.7 Å². The molecule has 2 aromatic rings. The van der Waals surface area contributed by atoms with E-state index in [4.69, 9.17) is 5.26 Å². The summed E-state index contributed by atoms with van der Waals surface area (Å²) in [7, 11) is 0. The molecule has 0 unspecified atom stereocenters. The number of aromatic nitrogens is 2. The van der Waals surface area contributed by atoms with Crippen molar-refractivity contribution < 1.29 is 4.92 Å². The smallest absolute Gasteiger partial charge is 0.258 e. The zero-order chi connectivity index (χ0) is 14.2. The fourth-order valence-corrected chi connectivity index (χ4v) is 2.02. The lowest BCUT2D eigenvalue weighted by Gasteiger charge is -2.06. The molecular formula is C12H9BrN4O2. The number of nitrogens with zero attached hydrogens (tertiary/aromatic N) is 4. The summed E-state index contributed by atoms with van der Waals surface area (Å²) in [6.07, 6.45) is 0. The predicted molar refractivity (Wildman–Crippen MR) is 72.1 cm³/mol. The molecule has 6 nitrogen and oxygen atoms in total. The fraction of sp³-hybridized carbons (Fsp3) is 0.167. The predicted octanol–water partition coefficient (Wildman–Crippen LogP) is 3.03. The summed E-state index contributed by atoms with van der Waals surface area (Å²) in [5.74, 6) is 0. The van der Waals surface area contributed by atoms with Gasteiger partial charge in [0.15, 0.2) is 0 Å². The van der Waals surface area contributed by atoms with E-state index in [-0.39, 0.29) is 11.3 Å². The van der Waals surface area contributed by atoms with Crippen LogP contribution in [0.4, 0.5) is 5.69 Å². The van der Waals surface area contributed by atoms with Crippen molar-refractivity contribution >= 4 is 21.6 Å². The second kappa shape index (κ2) is 4.82. The molecule has 0 saturated carbocycles. The van der Waals surface area contributed by atoms with Gasteiger partial charge in [0.25, 0.3) is 5.69 Å². The Kier molecular flexibility index (Phi) is 3.36. The summed E-state index contributed by atoms with van der Waals surface area (Å²) in [6, 6.07) is 6.11. The molecule has 1 aromatic carbocycles. The van der Waals surface area contributed by atoms with Crippen molar-refractivity contribution in [3.8, 4) is 11.8 Å². The van der Waals surface area contributed by atoms with E-state index in [1.54, 1.807) is 4.68 Å². The van der Waals surface area contributed by atoms with E-state index >= 15 is 0 Å². The monoisotopic (exact) mass is 320 g/mol. The number of halogens is 1. The van der Waals surface area contributed by atoms with Crippen LogP contribution >= 0.6 is 15.9 Å². The maximum absolute atomic E-state index is 10.7. The van der Waals surface area contributed by atoms with E-state index in [1.807, 2.05) is 19.9 Å². The molecule has 0 fully saturated rings. The molecule has 0 spiro atoms. The molecule has 0 aliphatic rings. The van der Waals surface area contributed by atoms with Crippen molar-refractivity contribution in [2.75, 3.05) is 0 Å². The Balaban J connectivity index is 2.66. The van der Waals surface area contributed by atoms with Gasteiger partial charge in [0.05, 0.1) is 32.0 Å². The van der Waals surface area contributed by atoms with Crippen LogP contribution in [0.2, 0.25) is 0 Å². The second-order valence-electron chi connectivity index (χ2n) is 3.97. The van der Waals surface area contributed by atoms with Gasteiger partial charge < -0.3 is 0 Å². The molecule has 96 valence electrons. The average Bonchev–Trinajstić information content (AvgIpc) is 2.65. The highest BCUT2D eigenvalue weighted by molar-refractivity contribution is 9.10. The van der Waals surface area contributed by atoms with Crippen LogP contribution in [0.1, 0.15) is 17.0 Å². The summed E-state index contributed by atoms with van der Waals surface area (Å²) in [4.78, 5) is 10.2. The normalized spacial score (nSPS) is 10.2. The molecular weight excluding hydrogens is 312 g/mol. The second-order valence-corrected chi connectivity index (χ2v) is 4.76. The summed E-state index contributed by atoms with van der Waals surface area (Å²) in [6.45, 7) is 3.69. The first-order chi connectivity index (χ1) is 8.95. The zero-order valence-electron chi connectivity index (χ0n) is 10.2. The quantitative estimate of drug-likeness (QED) is 0.628. The van der Waals surface area contributed by atoms with Crippen LogP contribution in [0.25, 0.3) is 5.69 Å². The largest absolute Gasteiger partial charge is 0.270 e. The summed E-state index contributed by atoms with van der Waals surface area (Å²) in [5.41, 5.74) is 2.26. The molecule has 0 N–H and O–H groups in total. The first-order valence-corrected chi connectivity index (χ1v) is 6.15. The molecule has 1 heterocycles. The molecule has 0 aliphatic heterocycles. The highest BCUT2D eigenvalue weighted by Crippen LogP contribution is 2.26. The van der Waals surface area contributed by atoms with Gasteiger partial charge in [-0.25, -0.2) is 4.68 Å². The van der Waals surface area contributed by atoms with E-state index in [9.17, 15) is 10.1 Å². The van der Waals surface area contributed by atoms with Crippen LogP contribution in [0.5, 0.6) is 0 Å². The Hall–Kier alpha value is -2.20. The van der Waals surface area contributed by atoms with Gasteiger partial charge in [-0.15, -0.1) is 0 Å². The number of rotatable bonds is 2. The lowest BCUT2D eigenvalue weighted by atomic mass is 10.1. The van der Waals surface area contributed by atoms with E-state index in [1.165, 1.54) is 18.2 Å². The van der Waals surface area contributed by atoms with Gasteiger partial charge in [0, 0.05) is 12.1 Å². The Labute approximate surface area is 117 Å². The number of hydrogen-bond donors (Lipinski definition) is 0. The average molecular weight is 321 g/mol. The summed E-state index contributed by atoms with van der Waals surface area (Å²) >= 11 is 3.41. The van der Waals surface area contributed by atoms with Crippen molar-refractivity contribution in [2.24, 2.45) is 0 Å². The van der Waals surface area contributed by atoms with Crippen LogP contribution in [-0.4, -0.2) is 14.7 Å². The molecule has 0 atom stereocenters. The van der Waals surface area contributed by atoms with Crippen LogP contribution < -0.4 is 0 Å². The Morgan fingerprint density at radius 2 is 2.16 bits per heavy atom. The van der Waals surface area contributed by atoms with Gasteiger partial charge in [-0.05, 0) is 35.8 Å². The Morgan fingerprint density at radius 1 is 1.47 bits per heavy atom. The molecule has 0 radical (unpaired) electrons. The number of benzene rings is 1. The standard InChI is InChI=1S/C12H9BrN4O2/c1-7-12(13)8(2)16(15-7)11-4-3-10(17(18)19)5-9(11)6-14/h3-5H,1-2H3. The van der Waals surface area contributed by atoms with Crippen molar-refractivity contribution in [2.45, 2.75) is 13.8 Å². The minimum absolute atomic E-state index is 0.110. The molecule has 0 saturated heterocycles. The fourth-order valence-electron chi connectivity index (χ4n) is 1.77. The number of aryl methyl sites for hydroxylation is 1. The van der Waals surface area contributed by atoms with Crippen molar-refractivity contribution in [1.29, 1.82) is 5.26 Å². The summed E-state index contributed by atoms with van der Waals surface area (Å²) < 4.78 is 2.46. The maximum atomic E-state index is 10.7. The minimum atomic E-state index is -0.526. The molecule has 1 aromatic heterocycles. The van der Waals surface area contributed by atoms with Crippen LogP contribution in [0.15, 0.2) is 22.7 Å². The number of nitro groups is 1. The van der Waals surface area contributed by atoms with E-state index in [0.29, 0.717) is 5.69 Å². The molecule has 0 bridgehead atoms. The van der Waals surface area contributed by atoms with Crippen LogP contribution in [-0.2, 0) is 0 Å². The van der Waals surface area contributed by atoms with Gasteiger partial charge in [-0.2, -0.15) is 10.4 Å². The highest BCUT2D eigenvalue weighted by atomic mass is 79.9. The lowest BCUT2D eigenvalue weighted by molar-refractivity contribution is -0.384. The van der Waals surface area contributed by atoms with E-state index in [0.717, 1.165) is 15.9 Å². The van der Waals surface area contributed by atoms with Gasteiger partial charge in [-0.3, -0.25) is 10.1 Å². The van der Waals surface area contributed by atoms with Crippen LogP contribution in [0.3, 0.4) is 0 Å². The zero-order valence-corrected chi connectivity index (χ0v) is 11.8. The van der Waals surface area contributed by atoms with Gasteiger partial charge in [0.1, 0.15) is 6.07 Å². The van der Waals surface area contributed by atoms with Gasteiger partial charge in [-0.1, -0.05) is 0 Å². The maximum Gasteiger partial charge on any atom is 0.270 e. The molecule has 0 amide bonds. The molecule has 2 rings (SSSR count). The molecule has 7 heteroatoms. The number of nitro benzene ring substituents is 1. The number of nitriles is 1. The first kappa shape index (κ1) is 13.2. The highest BCUT2D eigenvalue weighted by Gasteiger charge is 2.16. The third-order valence-electron chi connectivity index (χ3n) is 2.74. The SMILES string of the molecule is Cc1nn(-c2ccc([N+](=O)[O-])cc2C#N)c(C)c1Br. The van der Waals surface area contributed by atoms with E-state index < -0.39 is 4.92 Å². The third kappa shape index (κ3) is 2.22. The van der Waals surface area contributed by atoms with Crippen molar-refractivity contribution in [3.63, 3.8) is 0 Å². The topological polar surface area (TPSA) is 84.8 Å². The third-order valence-corrected chi connectivity index (χ3v) is 3.89. The van der Waals surface area contributed by atoms with Gasteiger partial charge in [0.2, 0.25) is 0 Å². The first-order valence-electron chi connectivity index (χ1n) is 5.36. The van der Waals surface area contributed by atoms with Gasteiger partial charge >= 0.3 is 0 Å². The minimum Gasteiger partial charge on any atom is -0.258 e. The molecule has 19 heavy (non-hydrogen) atoms. The number of non-ortho nitro benzene ring substituents is 1. The van der Waals surface area contributed by atoms with Crippen molar-refractivity contribution in [1.82, 2.24) is 9.78 Å². The summed E-state index contributed by atoms with van der Waals surface area (Å²) in [5, 5.41) is 24.1. The number of hydrogen-bond acceptors (Lipinski definition) is 4. The van der Waals surface area contributed by atoms with E-state index in [2.05, 4.69) is 21.0 Å². The lowest BCUT2D eigenvalue weighted by Crippen LogP contribution is -2.02. The molecule has 0 aliphatic carbocycles.